The minimum absolute atomic E-state index is 0.776. The van der Waals surface area contributed by atoms with Crippen LogP contribution in [0.25, 0.3) is 0 Å². The summed E-state index contributed by atoms with van der Waals surface area (Å²) in [5.41, 5.74) is 0. The van der Waals surface area contributed by atoms with Crippen molar-refractivity contribution in [1.82, 2.24) is 0 Å². The average Bonchev–Trinajstić information content (AvgIpc) is 1.88. The van der Waals surface area contributed by atoms with Gasteiger partial charge in [0.05, 0.1) is 0 Å². The molecular weight excluding hydrogens is 152 g/mol. The van der Waals surface area contributed by atoms with Gasteiger partial charge >= 0.3 is 0 Å². The first-order valence-corrected chi connectivity index (χ1v) is 4.14. The number of rotatable bonds is 1. The van der Waals surface area contributed by atoms with E-state index in [4.69, 9.17) is 11.6 Å². The van der Waals surface area contributed by atoms with E-state index in [1.807, 2.05) is 24.5 Å². The van der Waals surface area contributed by atoms with E-state index >= 15 is 0 Å². The molecule has 0 unspecified atom stereocenters. The summed E-state index contributed by atoms with van der Waals surface area (Å²) in [6.07, 6.45) is 2.00. The van der Waals surface area contributed by atoms with Crippen molar-refractivity contribution in [3.8, 4) is 0 Å². The van der Waals surface area contributed by atoms with Crippen molar-refractivity contribution in [3.05, 3.63) is 29.3 Å². The second kappa shape index (κ2) is 3.14. The molecule has 0 nitrogen and oxygen atoms in total. The van der Waals surface area contributed by atoms with Gasteiger partial charge in [0, 0.05) is 9.92 Å². The van der Waals surface area contributed by atoms with Crippen LogP contribution in [0.3, 0.4) is 0 Å². The molecule has 2 heteroatoms. The Morgan fingerprint density at radius 1 is 1.67 bits per heavy atom. The van der Waals surface area contributed by atoms with Gasteiger partial charge in [0.25, 0.3) is 0 Å². The molecule has 0 bridgehead atoms. The zero-order chi connectivity index (χ0) is 6.69. The largest absolute Gasteiger partial charge is 0.129 e. The minimum Gasteiger partial charge on any atom is -0.129 e. The van der Waals surface area contributed by atoms with Crippen LogP contribution in [0, 0.1) is 6.07 Å². The topological polar surface area (TPSA) is 0 Å². The van der Waals surface area contributed by atoms with E-state index in [0.29, 0.717) is 0 Å². The highest BCUT2D eigenvalue weighted by Gasteiger charge is 1.88. The lowest BCUT2D eigenvalue weighted by Gasteiger charge is -1.92. The number of halogens is 1. The van der Waals surface area contributed by atoms with E-state index < -0.39 is 0 Å². The summed E-state index contributed by atoms with van der Waals surface area (Å²) in [4.78, 5) is 1.09. The maximum atomic E-state index is 5.69. The summed E-state index contributed by atoms with van der Waals surface area (Å²) in [5.74, 6) is 0. The van der Waals surface area contributed by atoms with Gasteiger partial charge in [0.2, 0.25) is 0 Å². The predicted molar refractivity (Wildman–Crippen MR) is 42.1 cm³/mol. The van der Waals surface area contributed by atoms with Crippen LogP contribution in [0.2, 0.25) is 5.02 Å². The van der Waals surface area contributed by atoms with Crippen molar-refractivity contribution in [1.29, 1.82) is 0 Å². The Hall–Kier alpha value is -0.140. The van der Waals surface area contributed by atoms with Crippen LogP contribution in [0.5, 0.6) is 0 Å². The maximum absolute atomic E-state index is 5.69. The zero-order valence-corrected chi connectivity index (χ0v) is 6.59. The van der Waals surface area contributed by atoms with E-state index in [0.717, 1.165) is 9.92 Å². The Morgan fingerprint density at radius 2 is 2.44 bits per heavy atom. The molecule has 0 atom stereocenters. The first-order valence-electron chi connectivity index (χ1n) is 2.54. The van der Waals surface area contributed by atoms with E-state index in [1.54, 1.807) is 11.8 Å². The van der Waals surface area contributed by atoms with Gasteiger partial charge in [-0.2, -0.15) is 0 Å². The van der Waals surface area contributed by atoms with Gasteiger partial charge in [-0.1, -0.05) is 17.7 Å². The fourth-order valence-corrected chi connectivity index (χ4v) is 1.20. The highest BCUT2D eigenvalue weighted by molar-refractivity contribution is 7.98. The van der Waals surface area contributed by atoms with Crippen LogP contribution >= 0.6 is 23.4 Å². The molecule has 0 amide bonds. The summed E-state index contributed by atoms with van der Waals surface area (Å²) < 4.78 is 0. The van der Waals surface area contributed by atoms with E-state index in [9.17, 15) is 0 Å². The Balaban J connectivity index is 2.94. The highest BCUT2D eigenvalue weighted by Crippen LogP contribution is 2.17. The van der Waals surface area contributed by atoms with Gasteiger partial charge in [-0.3, -0.25) is 0 Å². The number of benzene rings is 1. The van der Waals surface area contributed by atoms with Crippen molar-refractivity contribution in [3.63, 3.8) is 0 Å². The Morgan fingerprint density at radius 3 is 2.89 bits per heavy atom. The number of thioether (sulfide) groups is 1. The van der Waals surface area contributed by atoms with Crippen molar-refractivity contribution in [2.45, 2.75) is 4.90 Å². The van der Waals surface area contributed by atoms with Crippen LogP contribution in [0.1, 0.15) is 0 Å². The standard InChI is InChI=1S/C7H6ClS/c1-9-7-4-2-3-6(8)5-7/h2-3,5H,1H3. The van der Waals surface area contributed by atoms with Crippen LogP contribution < -0.4 is 0 Å². The third-order valence-corrected chi connectivity index (χ3v) is 1.87. The second-order valence-electron chi connectivity index (χ2n) is 1.58. The summed E-state index contributed by atoms with van der Waals surface area (Å²) >= 11 is 7.33. The number of hydrogen-bond acceptors (Lipinski definition) is 1. The molecule has 0 saturated heterocycles. The molecule has 0 aliphatic heterocycles. The van der Waals surface area contributed by atoms with Crippen LogP contribution in [0.15, 0.2) is 23.1 Å². The minimum atomic E-state index is 0.776. The van der Waals surface area contributed by atoms with Crippen molar-refractivity contribution in [2.75, 3.05) is 6.26 Å². The molecule has 0 aliphatic carbocycles. The lowest BCUT2D eigenvalue weighted by molar-refractivity contribution is 1.45. The van der Waals surface area contributed by atoms with Crippen LogP contribution in [-0.4, -0.2) is 6.26 Å². The van der Waals surface area contributed by atoms with Crippen LogP contribution in [-0.2, 0) is 0 Å². The van der Waals surface area contributed by atoms with Gasteiger partial charge < -0.3 is 0 Å². The quantitative estimate of drug-likeness (QED) is 0.565. The maximum Gasteiger partial charge on any atom is 0.0417 e. The fourth-order valence-electron chi connectivity index (χ4n) is 0.536. The first kappa shape index (κ1) is 6.97. The van der Waals surface area contributed by atoms with E-state index in [2.05, 4.69) is 6.07 Å². The number of hydrogen-bond donors (Lipinski definition) is 0. The predicted octanol–water partition coefficient (Wildman–Crippen LogP) is 2.86. The molecule has 9 heavy (non-hydrogen) atoms. The summed E-state index contributed by atoms with van der Waals surface area (Å²) in [6.45, 7) is 0. The molecule has 1 aromatic rings. The summed E-state index contributed by atoms with van der Waals surface area (Å²) in [5, 5.41) is 0.776. The molecule has 0 aromatic heterocycles. The molecule has 0 spiro atoms. The van der Waals surface area contributed by atoms with Crippen molar-refractivity contribution >= 4 is 23.4 Å². The lowest BCUT2D eigenvalue weighted by atomic mass is 10.4. The molecule has 0 aliphatic rings. The third-order valence-electron chi connectivity index (χ3n) is 0.957. The molecule has 47 valence electrons. The van der Waals surface area contributed by atoms with Gasteiger partial charge in [-0.05, 0) is 24.5 Å². The normalized spacial score (nSPS) is 9.56. The van der Waals surface area contributed by atoms with Crippen LogP contribution in [0.4, 0.5) is 0 Å². The molecule has 1 rings (SSSR count). The summed E-state index contributed by atoms with van der Waals surface area (Å²) in [7, 11) is 0. The van der Waals surface area contributed by atoms with E-state index in [1.165, 1.54) is 0 Å². The average molecular weight is 158 g/mol. The van der Waals surface area contributed by atoms with E-state index in [-0.39, 0.29) is 0 Å². The zero-order valence-electron chi connectivity index (χ0n) is 5.02. The van der Waals surface area contributed by atoms with Crippen molar-refractivity contribution < 1.29 is 0 Å². The Kier molecular flexibility index (Phi) is 2.43. The SMILES string of the molecule is CSc1[c]ccc(Cl)c1. The molecule has 0 N–H and O–H groups in total. The smallest absolute Gasteiger partial charge is 0.0417 e. The third kappa shape index (κ3) is 1.92. The van der Waals surface area contributed by atoms with Crippen molar-refractivity contribution in [2.24, 2.45) is 0 Å². The monoisotopic (exact) mass is 157 g/mol. The molecule has 0 saturated carbocycles. The van der Waals surface area contributed by atoms with Gasteiger partial charge in [0.1, 0.15) is 0 Å². The molecule has 1 aromatic carbocycles. The highest BCUT2D eigenvalue weighted by atomic mass is 35.5. The van der Waals surface area contributed by atoms with Gasteiger partial charge in [0.15, 0.2) is 0 Å². The lowest BCUT2D eigenvalue weighted by Crippen LogP contribution is -1.67. The Labute approximate surface area is 64.2 Å². The summed E-state index contributed by atoms with van der Waals surface area (Å²) in [6, 6.07) is 8.58. The van der Waals surface area contributed by atoms with Gasteiger partial charge in [-0.25, -0.2) is 0 Å². The Bertz CT molecular complexity index is 198. The fraction of sp³-hybridized carbons (Fsp3) is 0.143. The molecule has 0 fully saturated rings. The molecular formula is C7H6ClS. The molecule has 1 radical (unpaired) electrons. The second-order valence-corrected chi connectivity index (χ2v) is 2.86. The molecule has 0 heterocycles. The van der Waals surface area contributed by atoms with Gasteiger partial charge in [-0.15, -0.1) is 11.8 Å². The first-order chi connectivity index (χ1) is 4.33.